The average Bonchev–Trinajstić information content (AvgIpc) is 2.12. The van der Waals surface area contributed by atoms with Crippen LogP contribution in [0.2, 0.25) is 0 Å². The molecule has 3 heteroatoms. The number of ketones is 1. The number of allylic oxidation sites excluding steroid dienone is 1. The van der Waals surface area contributed by atoms with Crippen molar-refractivity contribution >= 4 is 11.8 Å². The van der Waals surface area contributed by atoms with Crippen LogP contribution in [-0.4, -0.2) is 18.9 Å². The van der Waals surface area contributed by atoms with Gasteiger partial charge in [-0.1, -0.05) is 13.0 Å². The highest BCUT2D eigenvalue weighted by molar-refractivity contribution is 5.95. The monoisotopic (exact) mass is 170 g/mol. The first kappa shape index (κ1) is 10.9. The Hall–Kier alpha value is -1.12. The van der Waals surface area contributed by atoms with E-state index in [1.54, 1.807) is 19.9 Å². The molecule has 0 atom stereocenters. The van der Waals surface area contributed by atoms with Crippen LogP contribution >= 0.6 is 0 Å². The third kappa shape index (κ3) is 3.32. The van der Waals surface area contributed by atoms with E-state index in [0.29, 0.717) is 12.0 Å². The van der Waals surface area contributed by atoms with Gasteiger partial charge in [-0.05, 0) is 6.92 Å². The molecule has 0 amide bonds. The largest absolute Gasteiger partial charge is 0.466 e. The van der Waals surface area contributed by atoms with Gasteiger partial charge in [0.25, 0.3) is 0 Å². The lowest BCUT2D eigenvalue weighted by molar-refractivity contribution is -0.137. The molecule has 0 fully saturated rings. The van der Waals surface area contributed by atoms with Crippen molar-refractivity contribution in [2.75, 3.05) is 7.11 Å². The number of carbonyl (C=O) groups excluding carboxylic acids is 2. The van der Waals surface area contributed by atoms with Crippen molar-refractivity contribution in [3.8, 4) is 0 Å². The van der Waals surface area contributed by atoms with Crippen molar-refractivity contribution < 1.29 is 14.3 Å². The number of carbonyl (C=O) groups is 2. The van der Waals surface area contributed by atoms with Gasteiger partial charge >= 0.3 is 5.97 Å². The molecular formula is C9H14O3. The minimum atomic E-state index is -0.417. The molecule has 0 rings (SSSR count). The highest BCUT2D eigenvalue weighted by Crippen LogP contribution is 2.05. The molecule has 0 aromatic carbocycles. The van der Waals surface area contributed by atoms with E-state index in [4.69, 9.17) is 0 Å². The van der Waals surface area contributed by atoms with Crippen LogP contribution in [0.15, 0.2) is 11.6 Å². The first-order valence-corrected chi connectivity index (χ1v) is 3.90. The summed E-state index contributed by atoms with van der Waals surface area (Å²) in [6, 6.07) is 0. The molecule has 0 saturated heterocycles. The third-order valence-electron chi connectivity index (χ3n) is 1.58. The quantitative estimate of drug-likeness (QED) is 0.474. The third-order valence-corrected chi connectivity index (χ3v) is 1.58. The molecule has 0 radical (unpaired) electrons. The van der Waals surface area contributed by atoms with E-state index >= 15 is 0 Å². The van der Waals surface area contributed by atoms with Gasteiger partial charge < -0.3 is 4.74 Å². The van der Waals surface area contributed by atoms with Gasteiger partial charge in [0.05, 0.1) is 7.11 Å². The lowest BCUT2D eigenvalue weighted by Crippen LogP contribution is -2.08. The number of methoxy groups -OCH3 is 1. The van der Waals surface area contributed by atoms with Crippen LogP contribution in [-0.2, 0) is 14.3 Å². The Morgan fingerprint density at radius 2 is 2.00 bits per heavy atom. The van der Waals surface area contributed by atoms with E-state index in [-0.39, 0.29) is 12.2 Å². The fraction of sp³-hybridized carbons (Fsp3) is 0.556. The Morgan fingerprint density at radius 3 is 2.33 bits per heavy atom. The molecule has 0 heterocycles. The second-order valence-corrected chi connectivity index (χ2v) is 2.37. The number of Topliss-reactive ketones (excluding diaryl/α,β-unsaturated/α-hetero) is 1. The molecule has 0 aromatic heterocycles. The van der Waals surface area contributed by atoms with E-state index in [9.17, 15) is 9.59 Å². The van der Waals surface area contributed by atoms with E-state index in [2.05, 4.69) is 4.74 Å². The summed E-state index contributed by atoms with van der Waals surface area (Å²) in [6.45, 7) is 3.49. The topological polar surface area (TPSA) is 43.4 Å². The second-order valence-electron chi connectivity index (χ2n) is 2.37. The van der Waals surface area contributed by atoms with E-state index in [1.807, 2.05) is 0 Å². The van der Waals surface area contributed by atoms with Crippen molar-refractivity contribution in [2.45, 2.75) is 26.7 Å². The summed E-state index contributed by atoms with van der Waals surface area (Å²) in [5, 5.41) is 0. The Bertz CT molecular complexity index is 204. The maximum absolute atomic E-state index is 11.0. The van der Waals surface area contributed by atoms with Gasteiger partial charge in [0.15, 0.2) is 0 Å². The number of rotatable bonds is 4. The molecule has 0 aliphatic heterocycles. The van der Waals surface area contributed by atoms with Crippen molar-refractivity contribution in [2.24, 2.45) is 0 Å². The average molecular weight is 170 g/mol. The predicted molar refractivity (Wildman–Crippen MR) is 45.7 cm³/mol. The molecule has 0 spiro atoms. The Morgan fingerprint density at radius 1 is 1.42 bits per heavy atom. The second kappa shape index (κ2) is 5.52. The molecule has 68 valence electrons. The highest BCUT2D eigenvalue weighted by atomic mass is 16.5. The standard InChI is InChI=1S/C9H14O3/c1-4-7(9(11)12-3)6-8(10)5-2/h4H,5-6H2,1-3H3/b7-4+. The zero-order chi connectivity index (χ0) is 9.56. The number of hydrogen-bond donors (Lipinski definition) is 0. The van der Waals surface area contributed by atoms with Crippen LogP contribution in [0.1, 0.15) is 26.7 Å². The van der Waals surface area contributed by atoms with Gasteiger partial charge in [-0.2, -0.15) is 0 Å². The Labute approximate surface area is 72.4 Å². The molecule has 0 bridgehead atoms. The van der Waals surface area contributed by atoms with Gasteiger partial charge in [-0.3, -0.25) is 4.79 Å². The molecule has 0 aliphatic rings. The zero-order valence-electron chi connectivity index (χ0n) is 7.72. The van der Waals surface area contributed by atoms with Crippen LogP contribution in [0.25, 0.3) is 0 Å². The fourth-order valence-electron chi connectivity index (χ4n) is 0.761. The summed E-state index contributed by atoms with van der Waals surface area (Å²) < 4.78 is 4.49. The summed E-state index contributed by atoms with van der Waals surface area (Å²) >= 11 is 0. The summed E-state index contributed by atoms with van der Waals surface area (Å²) in [7, 11) is 1.31. The van der Waals surface area contributed by atoms with Crippen molar-refractivity contribution in [1.29, 1.82) is 0 Å². The first-order chi connectivity index (χ1) is 5.65. The molecule has 0 N–H and O–H groups in total. The maximum Gasteiger partial charge on any atom is 0.333 e. The SMILES string of the molecule is C/C=C(\CC(=O)CC)C(=O)OC. The van der Waals surface area contributed by atoms with Gasteiger partial charge in [-0.25, -0.2) is 4.79 Å². The summed E-state index contributed by atoms with van der Waals surface area (Å²) in [5.41, 5.74) is 0.435. The summed E-state index contributed by atoms with van der Waals surface area (Å²) in [5.74, 6) is -0.368. The first-order valence-electron chi connectivity index (χ1n) is 3.90. The lowest BCUT2D eigenvalue weighted by atomic mass is 10.1. The Kier molecular flexibility index (Phi) is 5.00. The molecule has 3 nitrogen and oxygen atoms in total. The van der Waals surface area contributed by atoms with Crippen LogP contribution in [0.4, 0.5) is 0 Å². The minimum absolute atomic E-state index is 0.0495. The normalized spacial score (nSPS) is 11.1. The lowest BCUT2D eigenvalue weighted by Gasteiger charge is -2.01. The van der Waals surface area contributed by atoms with Crippen LogP contribution < -0.4 is 0 Å². The van der Waals surface area contributed by atoms with E-state index < -0.39 is 5.97 Å². The van der Waals surface area contributed by atoms with Crippen LogP contribution in [0.3, 0.4) is 0 Å². The molecule has 0 saturated carbocycles. The molecule has 0 aliphatic carbocycles. The molecule has 0 unspecified atom stereocenters. The number of esters is 1. The smallest absolute Gasteiger partial charge is 0.333 e. The van der Waals surface area contributed by atoms with Crippen LogP contribution in [0, 0.1) is 0 Å². The van der Waals surface area contributed by atoms with Gasteiger partial charge in [0, 0.05) is 18.4 Å². The van der Waals surface area contributed by atoms with Crippen molar-refractivity contribution in [1.82, 2.24) is 0 Å². The Balaban J connectivity index is 4.20. The summed E-state index contributed by atoms with van der Waals surface area (Å²) in [4.78, 5) is 21.9. The zero-order valence-corrected chi connectivity index (χ0v) is 7.72. The summed E-state index contributed by atoms with van der Waals surface area (Å²) in [6.07, 6.45) is 2.24. The van der Waals surface area contributed by atoms with E-state index in [1.165, 1.54) is 7.11 Å². The highest BCUT2D eigenvalue weighted by Gasteiger charge is 2.11. The van der Waals surface area contributed by atoms with Gasteiger partial charge in [0.1, 0.15) is 5.78 Å². The molecule has 0 aromatic rings. The maximum atomic E-state index is 11.0. The number of ether oxygens (including phenoxy) is 1. The van der Waals surface area contributed by atoms with Gasteiger partial charge in [0.2, 0.25) is 0 Å². The van der Waals surface area contributed by atoms with Crippen molar-refractivity contribution in [3.05, 3.63) is 11.6 Å². The van der Waals surface area contributed by atoms with Crippen LogP contribution in [0.5, 0.6) is 0 Å². The predicted octanol–water partition coefficient (Wildman–Crippen LogP) is 1.47. The molecular weight excluding hydrogens is 156 g/mol. The van der Waals surface area contributed by atoms with Gasteiger partial charge in [-0.15, -0.1) is 0 Å². The van der Waals surface area contributed by atoms with Crippen molar-refractivity contribution in [3.63, 3.8) is 0 Å². The molecule has 12 heavy (non-hydrogen) atoms. The number of hydrogen-bond acceptors (Lipinski definition) is 3. The fourth-order valence-corrected chi connectivity index (χ4v) is 0.761. The minimum Gasteiger partial charge on any atom is -0.466 e. The van der Waals surface area contributed by atoms with E-state index in [0.717, 1.165) is 0 Å².